The molecule has 3 atom stereocenters. The van der Waals surface area contributed by atoms with Gasteiger partial charge in [0.25, 0.3) is 5.91 Å². The highest BCUT2D eigenvalue weighted by molar-refractivity contribution is 5.96. The van der Waals surface area contributed by atoms with Gasteiger partial charge in [0.05, 0.1) is 6.61 Å². The molecule has 23 heavy (non-hydrogen) atoms. The zero-order valence-corrected chi connectivity index (χ0v) is 14.7. The molecule has 1 aromatic carbocycles. The number of nitrogens with one attached hydrogen (secondary N) is 1. The molecule has 1 fully saturated rings. The molecule has 0 spiro atoms. The van der Waals surface area contributed by atoms with Gasteiger partial charge in [-0.1, -0.05) is 39.8 Å². The average Bonchev–Trinajstić information content (AvgIpc) is 3.19. The van der Waals surface area contributed by atoms with E-state index in [1.165, 1.54) is 5.56 Å². The average molecular weight is 317 g/mol. The van der Waals surface area contributed by atoms with E-state index >= 15 is 0 Å². The third-order valence-electron chi connectivity index (χ3n) is 4.43. The summed E-state index contributed by atoms with van der Waals surface area (Å²) in [6.07, 6.45) is 1.12. The maximum Gasteiger partial charge on any atom is 0.328 e. The zero-order valence-electron chi connectivity index (χ0n) is 14.7. The van der Waals surface area contributed by atoms with Crippen molar-refractivity contribution < 1.29 is 14.3 Å². The van der Waals surface area contributed by atoms with Gasteiger partial charge in [-0.05, 0) is 48.3 Å². The number of carbonyl (C=O) groups excluding carboxylic acids is 2. The topological polar surface area (TPSA) is 55.4 Å². The van der Waals surface area contributed by atoms with Gasteiger partial charge in [0.15, 0.2) is 0 Å². The number of hydrogen-bond donors (Lipinski definition) is 1. The van der Waals surface area contributed by atoms with Crippen LogP contribution < -0.4 is 5.32 Å². The van der Waals surface area contributed by atoms with Gasteiger partial charge in [-0.3, -0.25) is 4.79 Å². The lowest BCUT2D eigenvalue weighted by Gasteiger charge is -2.19. The van der Waals surface area contributed by atoms with E-state index in [1.54, 1.807) is 19.1 Å². The van der Waals surface area contributed by atoms with Gasteiger partial charge >= 0.3 is 5.97 Å². The van der Waals surface area contributed by atoms with Crippen LogP contribution in [-0.4, -0.2) is 24.5 Å². The first kappa shape index (κ1) is 17.5. The SMILES string of the molecule is CC(NC(=O)c1ccc(C(C)(C)C)cc1)C(=O)OCC1CC1C. The van der Waals surface area contributed by atoms with E-state index in [-0.39, 0.29) is 17.3 Å². The third kappa shape index (κ3) is 4.81. The standard InChI is InChI=1S/C19H27NO3/c1-12-10-15(12)11-23-18(22)13(2)20-17(21)14-6-8-16(9-7-14)19(3,4)5/h6-9,12-13,15H,10-11H2,1-5H3,(H,20,21). The second-order valence-electron chi connectivity index (χ2n) is 7.63. The fraction of sp³-hybridized carbons (Fsp3) is 0.579. The van der Waals surface area contributed by atoms with E-state index < -0.39 is 6.04 Å². The Morgan fingerprint density at radius 3 is 2.30 bits per heavy atom. The summed E-state index contributed by atoms with van der Waals surface area (Å²) in [6.45, 7) is 10.6. The van der Waals surface area contributed by atoms with Crippen LogP contribution in [0.5, 0.6) is 0 Å². The minimum absolute atomic E-state index is 0.0477. The van der Waals surface area contributed by atoms with E-state index in [1.807, 2.05) is 12.1 Å². The van der Waals surface area contributed by atoms with E-state index in [4.69, 9.17) is 4.74 Å². The van der Waals surface area contributed by atoms with Crippen molar-refractivity contribution in [2.45, 2.75) is 52.5 Å². The number of ether oxygens (including phenoxy) is 1. The molecule has 1 N–H and O–H groups in total. The summed E-state index contributed by atoms with van der Waals surface area (Å²) < 4.78 is 5.25. The third-order valence-corrected chi connectivity index (χ3v) is 4.43. The predicted molar refractivity (Wildman–Crippen MR) is 90.3 cm³/mol. The Hall–Kier alpha value is -1.84. The Kier molecular flexibility index (Phi) is 5.12. The molecular formula is C19H27NO3. The minimum Gasteiger partial charge on any atom is -0.464 e. The normalized spacial score (nSPS) is 21.4. The highest BCUT2D eigenvalue weighted by atomic mass is 16.5. The van der Waals surface area contributed by atoms with Crippen LogP contribution in [0, 0.1) is 11.8 Å². The summed E-state index contributed by atoms with van der Waals surface area (Å²) in [5.41, 5.74) is 1.76. The zero-order chi connectivity index (χ0) is 17.2. The monoisotopic (exact) mass is 317 g/mol. The molecular weight excluding hydrogens is 290 g/mol. The van der Waals surface area contributed by atoms with Crippen molar-refractivity contribution >= 4 is 11.9 Å². The Morgan fingerprint density at radius 2 is 1.83 bits per heavy atom. The van der Waals surface area contributed by atoms with E-state index in [9.17, 15) is 9.59 Å². The van der Waals surface area contributed by atoms with Gasteiger partial charge < -0.3 is 10.1 Å². The Balaban J connectivity index is 1.86. The van der Waals surface area contributed by atoms with Gasteiger partial charge in [-0.15, -0.1) is 0 Å². The summed E-state index contributed by atoms with van der Waals surface area (Å²) in [5, 5.41) is 2.70. The summed E-state index contributed by atoms with van der Waals surface area (Å²) in [7, 11) is 0. The van der Waals surface area contributed by atoms with Crippen LogP contribution in [0.2, 0.25) is 0 Å². The predicted octanol–water partition coefficient (Wildman–Crippen LogP) is 3.30. The maximum atomic E-state index is 12.2. The molecule has 1 aromatic rings. The lowest BCUT2D eigenvalue weighted by Crippen LogP contribution is -2.39. The second-order valence-corrected chi connectivity index (χ2v) is 7.63. The minimum atomic E-state index is -0.640. The first-order valence-electron chi connectivity index (χ1n) is 8.26. The highest BCUT2D eigenvalue weighted by Gasteiger charge is 2.34. The number of rotatable bonds is 5. The first-order chi connectivity index (χ1) is 10.7. The van der Waals surface area contributed by atoms with Crippen LogP contribution in [0.25, 0.3) is 0 Å². The fourth-order valence-electron chi connectivity index (χ4n) is 2.41. The molecule has 3 unspecified atom stereocenters. The largest absolute Gasteiger partial charge is 0.464 e. The van der Waals surface area contributed by atoms with E-state index in [0.717, 1.165) is 6.42 Å². The molecule has 0 aromatic heterocycles. The second kappa shape index (κ2) is 6.73. The van der Waals surface area contributed by atoms with Gasteiger partial charge in [0, 0.05) is 5.56 Å². The van der Waals surface area contributed by atoms with E-state index in [2.05, 4.69) is 33.0 Å². The van der Waals surface area contributed by atoms with Crippen LogP contribution in [0.1, 0.15) is 57.0 Å². The number of esters is 1. The van der Waals surface area contributed by atoms with Crippen molar-refractivity contribution in [2.24, 2.45) is 11.8 Å². The molecule has 4 nitrogen and oxygen atoms in total. The van der Waals surface area contributed by atoms with Crippen molar-refractivity contribution in [1.29, 1.82) is 0 Å². The van der Waals surface area contributed by atoms with Crippen molar-refractivity contribution in [1.82, 2.24) is 5.32 Å². The summed E-state index contributed by atoms with van der Waals surface area (Å²) in [6, 6.07) is 6.84. The molecule has 1 saturated carbocycles. The summed E-state index contributed by atoms with van der Waals surface area (Å²) in [5.74, 6) is 0.513. The lowest BCUT2D eigenvalue weighted by atomic mass is 9.86. The van der Waals surface area contributed by atoms with Crippen molar-refractivity contribution in [3.63, 3.8) is 0 Å². The highest BCUT2D eigenvalue weighted by Crippen LogP contribution is 2.37. The maximum absolute atomic E-state index is 12.2. The first-order valence-corrected chi connectivity index (χ1v) is 8.26. The molecule has 126 valence electrons. The number of benzene rings is 1. The Labute approximate surface area is 138 Å². The van der Waals surface area contributed by atoms with Crippen LogP contribution in [-0.2, 0) is 14.9 Å². The molecule has 0 saturated heterocycles. The molecule has 4 heteroatoms. The smallest absolute Gasteiger partial charge is 0.328 e. The van der Waals surface area contributed by atoms with E-state index in [0.29, 0.717) is 24.0 Å². The molecule has 0 bridgehead atoms. The van der Waals surface area contributed by atoms with Crippen LogP contribution in [0.4, 0.5) is 0 Å². The molecule has 0 radical (unpaired) electrons. The number of carbonyl (C=O) groups is 2. The van der Waals surface area contributed by atoms with Crippen LogP contribution in [0.15, 0.2) is 24.3 Å². The molecule has 0 heterocycles. The van der Waals surface area contributed by atoms with Crippen molar-refractivity contribution in [2.75, 3.05) is 6.61 Å². The van der Waals surface area contributed by atoms with Gasteiger partial charge in [-0.25, -0.2) is 4.79 Å². The fourth-order valence-corrected chi connectivity index (χ4v) is 2.41. The molecule has 0 aliphatic heterocycles. The van der Waals surface area contributed by atoms with Crippen LogP contribution in [0.3, 0.4) is 0 Å². The summed E-state index contributed by atoms with van der Waals surface area (Å²) >= 11 is 0. The number of hydrogen-bond acceptors (Lipinski definition) is 3. The quantitative estimate of drug-likeness (QED) is 0.848. The summed E-state index contributed by atoms with van der Waals surface area (Å²) in [4.78, 5) is 24.1. The molecule has 2 rings (SSSR count). The Bertz CT molecular complexity index is 571. The molecule has 1 aliphatic carbocycles. The van der Waals surface area contributed by atoms with Gasteiger partial charge in [0.2, 0.25) is 0 Å². The Morgan fingerprint density at radius 1 is 1.26 bits per heavy atom. The lowest BCUT2D eigenvalue weighted by molar-refractivity contribution is -0.146. The number of amides is 1. The van der Waals surface area contributed by atoms with Gasteiger partial charge in [0.1, 0.15) is 6.04 Å². The van der Waals surface area contributed by atoms with Crippen molar-refractivity contribution in [3.8, 4) is 0 Å². The van der Waals surface area contributed by atoms with Crippen molar-refractivity contribution in [3.05, 3.63) is 35.4 Å². The van der Waals surface area contributed by atoms with Crippen LogP contribution >= 0.6 is 0 Å². The molecule has 1 aliphatic rings. The van der Waals surface area contributed by atoms with Gasteiger partial charge in [-0.2, -0.15) is 0 Å². The molecule has 1 amide bonds.